The van der Waals surface area contributed by atoms with E-state index in [9.17, 15) is 4.79 Å². The quantitative estimate of drug-likeness (QED) is 0.494. The van der Waals surface area contributed by atoms with Gasteiger partial charge < -0.3 is 14.4 Å². The van der Waals surface area contributed by atoms with E-state index in [1.165, 1.54) is 16.5 Å². The highest BCUT2D eigenvalue weighted by molar-refractivity contribution is 7.14. The molecule has 1 saturated heterocycles. The Morgan fingerprint density at radius 2 is 1.93 bits per heavy atom. The van der Waals surface area contributed by atoms with Crippen molar-refractivity contribution in [1.29, 1.82) is 0 Å². The third-order valence-electron chi connectivity index (χ3n) is 5.53. The van der Waals surface area contributed by atoms with E-state index < -0.39 is 0 Å². The van der Waals surface area contributed by atoms with E-state index >= 15 is 0 Å². The van der Waals surface area contributed by atoms with Gasteiger partial charge in [0, 0.05) is 66.7 Å². The van der Waals surface area contributed by atoms with Crippen molar-refractivity contribution in [3.8, 4) is 11.3 Å². The molecule has 0 unspecified atom stereocenters. The van der Waals surface area contributed by atoms with Gasteiger partial charge in [0.25, 0.3) is 0 Å². The molecule has 1 amide bonds. The van der Waals surface area contributed by atoms with Crippen molar-refractivity contribution in [3.05, 3.63) is 58.2 Å². The molecule has 5 nitrogen and oxygen atoms in total. The summed E-state index contributed by atoms with van der Waals surface area (Å²) in [5.41, 5.74) is 4.50. The van der Waals surface area contributed by atoms with Crippen molar-refractivity contribution < 1.29 is 4.79 Å². The Bertz CT molecular complexity index is 1140. The number of benzene rings is 1. The van der Waals surface area contributed by atoms with Crippen molar-refractivity contribution in [1.82, 2.24) is 14.5 Å². The number of hydrogen-bond acceptors (Lipinski definition) is 5. The number of nitrogens with zero attached hydrogens (tertiary/aromatic N) is 4. The SMILES string of the molecule is Cn1cc(CC(=O)N2CCN(c3nc(-c4ccsc4)cs3)CC2)c2ccccc21. The minimum atomic E-state index is 0.208. The number of anilines is 1. The molecule has 0 saturated carbocycles. The Morgan fingerprint density at radius 3 is 2.72 bits per heavy atom. The van der Waals surface area contributed by atoms with Crippen molar-refractivity contribution in [2.45, 2.75) is 6.42 Å². The lowest BCUT2D eigenvalue weighted by atomic mass is 10.1. The normalized spacial score (nSPS) is 14.7. The summed E-state index contributed by atoms with van der Waals surface area (Å²) < 4.78 is 2.10. The summed E-state index contributed by atoms with van der Waals surface area (Å²) in [7, 11) is 2.04. The molecule has 1 aliphatic heterocycles. The monoisotopic (exact) mass is 422 g/mol. The zero-order valence-electron chi connectivity index (χ0n) is 16.2. The molecule has 29 heavy (non-hydrogen) atoms. The topological polar surface area (TPSA) is 41.4 Å². The van der Waals surface area contributed by atoms with Gasteiger partial charge >= 0.3 is 0 Å². The van der Waals surface area contributed by atoms with E-state index in [2.05, 4.69) is 50.0 Å². The first kappa shape index (κ1) is 18.4. The molecule has 0 spiro atoms. The van der Waals surface area contributed by atoms with Gasteiger partial charge in [0.15, 0.2) is 5.13 Å². The number of piperazine rings is 1. The molecule has 5 rings (SSSR count). The van der Waals surface area contributed by atoms with Gasteiger partial charge in [0.05, 0.1) is 12.1 Å². The lowest BCUT2D eigenvalue weighted by Gasteiger charge is -2.34. The Morgan fingerprint density at radius 1 is 1.10 bits per heavy atom. The molecule has 3 aromatic heterocycles. The molecular weight excluding hydrogens is 400 g/mol. The van der Waals surface area contributed by atoms with Crippen LogP contribution in [0.1, 0.15) is 5.56 Å². The van der Waals surface area contributed by atoms with Crippen LogP contribution >= 0.6 is 22.7 Å². The van der Waals surface area contributed by atoms with Crippen molar-refractivity contribution in [2.24, 2.45) is 7.05 Å². The predicted molar refractivity (Wildman–Crippen MR) is 121 cm³/mol. The highest BCUT2D eigenvalue weighted by Crippen LogP contribution is 2.29. The van der Waals surface area contributed by atoms with Crippen LogP contribution in [-0.4, -0.2) is 46.5 Å². The van der Waals surface area contributed by atoms with Crippen LogP contribution < -0.4 is 4.90 Å². The summed E-state index contributed by atoms with van der Waals surface area (Å²) in [4.78, 5) is 22.0. The van der Waals surface area contributed by atoms with E-state index in [4.69, 9.17) is 4.98 Å². The van der Waals surface area contributed by atoms with Crippen LogP contribution in [0.25, 0.3) is 22.2 Å². The van der Waals surface area contributed by atoms with Crippen LogP contribution in [0.5, 0.6) is 0 Å². The molecule has 0 bridgehead atoms. The van der Waals surface area contributed by atoms with Gasteiger partial charge in [0.1, 0.15) is 0 Å². The number of para-hydroxylation sites is 1. The molecule has 1 aromatic carbocycles. The van der Waals surface area contributed by atoms with Crippen LogP contribution in [0.2, 0.25) is 0 Å². The van der Waals surface area contributed by atoms with Crippen molar-refractivity contribution in [3.63, 3.8) is 0 Å². The fourth-order valence-corrected chi connectivity index (χ4v) is 5.48. The second-order valence-electron chi connectivity index (χ2n) is 7.35. The van der Waals surface area contributed by atoms with E-state index in [1.54, 1.807) is 22.7 Å². The number of carbonyl (C=O) groups is 1. The van der Waals surface area contributed by atoms with Gasteiger partial charge in [-0.3, -0.25) is 4.79 Å². The average Bonchev–Trinajstić information content (AvgIpc) is 3.49. The van der Waals surface area contributed by atoms with E-state index in [1.807, 2.05) is 24.1 Å². The second kappa shape index (κ2) is 7.65. The maximum atomic E-state index is 12.9. The summed E-state index contributed by atoms with van der Waals surface area (Å²) in [6.07, 6.45) is 2.54. The lowest BCUT2D eigenvalue weighted by molar-refractivity contribution is -0.130. The maximum absolute atomic E-state index is 12.9. The molecule has 7 heteroatoms. The van der Waals surface area contributed by atoms with Gasteiger partial charge in [-0.2, -0.15) is 11.3 Å². The maximum Gasteiger partial charge on any atom is 0.227 e. The number of aryl methyl sites for hydroxylation is 1. The number of rotatable bonds is 4. The molecule has 4 aromatic rings. The molecule has 1 aliphatic rings. The fraction of sp³-hybridized carbons (Fsp3) is 0.273. The molecule has 148 valence electrons. The molecule has 0 radical (unpaired) electrons. The zero-order chi connectivity index (χ0) is 19.8. The second-order valence-corrected chi connectivity index (χ2v) is 8.97. The number of hydrogen-bond donors (Lipinski definition) is 0. The van der Waals surface area contributed by atoms with Crippen LogP contribution in [0.15, 0.2) is 52.7 Å². The van der Waals surface area contributed by atoms with Crippen LogP contribution in [0, 0.1) is 0 Å². The summed E-state index contributed by atoms with van der Waals surface area (Å²) in [5.74, 6) is 0.208. The van der Waals surface area contributed by atoms with Crippen LogP contribution in [0.3, 0.4) is 0 Å². The molecule has 0 N–H and O–H groups in total. The van der Waals surface area contributed by atoms with E-state index in [0.717, 1.165) is 42.6 Å². The molecule has 4 heterocycles. The summed E-state index contributed by atoms with van der Waals surface area (Å²) >= 11 is 3.37. The van der Waals surface area contributed by atoms with E-state index in [0.29, 0.717) is 6.42 Å². The smallest absolute Gasteiger partial charge is 0.227 e. The minimum Gasteiger partial charge on any atom is -0.350 e. The number of thiophene rings is 1. The van der Waals surface area contributed by atoms with Gasteiger partial charge in [0.2, 0.25) is 5.91 Å². The minimum absolute atomic E-state index is 0.208. The third-order valence-corrected chi connectivity index (χ3v) is 7.12. The Hall–Kier alpha value is -2.64. The lowest BCUT2D eigenvalue weighted by Crippen LogP contribution is -2.49. The third kappa shape index (κ3) is 3.56. The average molecular weight is 423 g/mol. The highest BCUT2D eigenvalue weighted by atomic mass is 32.1. The number of fused-ring (bicyclic) bond motifs is 1. The molecule has 0 aliphatic carbocycles. The Balaban J connectivity index is 1.23. The standard InChI is InChI=1S/C22H22N4OS2/c1-24-13-17(18-4-2-3-5-20(18)24)12-21(27)25-7-9-26(10-8-25)22-23-19(15-29-22)16-6-11-28-14-16/h2-6,11,13-15H,7-10,12H2,1H3. The first-order valence-corrected chi connectivity index (χ1v) is 11.5. The predicted octanol–water partition coefficient (Wildman–Crippen LogP) is 4.25. The summed E-state index contributed by atoms with van der Waals surface area (Å²) in [6, 6.07) is 10.4. The number of amides is 1. The van der Waals surface area contributed by atoms with E-state index in [-0.39, 0.29) is 5.91 Å². The zero-order valence-corrected chi connectivity index (χ0v) is 17.9. The fourth-order valence-electron chi connectivity index (χ4n) is 3.94. The molecule has 0 atom stereocenters. The first-order valence-electron chi connectivity index (χ1n) is 9.73. The van der Waals surface area contributed by atoms with Crippen molar-refractivity contribution in [2.75, 3.05) is 31.1 Å². The van der Waals surface area contributed by atoms with Crippen LogP contribution in [-0.2, 0) is 18.3 Å². The summed E-state index contributed by atoms with van der Waals surface area (Å²) in [6.45, 7) is 3.16. The molecule has 1 fully saturated rings. The van der Waals surface area contributed by atoms with Gasteiger partial charge in [-0.1, -0.05) is 18.2 Å². The Labute approximate surface area is 177 Å². The number of carbonyl (C=O) groups excluding carboxylic acids is 1. The Kier molecular flexibility index (Phi) is 4.85. The van der Waals surface area contributed by atoms with Gasteiger partial charge in [-0.05, 0) is 23.1 Å². The van der Waals surface area contributed by atoms with Crippen LogP contribution in [0.4, 0.5) is 5.13 Å². The molecular formula is C22H22N4OS2. The van der Waals surface area contributed by atoms with Crippen molar-refractivity contribution >= 4 is 44.6 Å². The number of aromatic nitrogens is 2. The number of thiazole rings is 1. The largest absolute Gasteiger partial charge is 0.350 e. The van der Waals surface area contributed by atoms with Gasteiger partial charge in [-0.25, -0.2) is 4.98 Å². The first-order chi connectivity index (χ1) is 14.2. The summed E-state index contributed by atoms with van der Waals surface area (Å²) in [5, 5.41) is 8.55. The van der Waals surface area contributed by atoms with Gasteiger partial charge in [-0.15, -0.1) is 11.3 Å². The highest BCUT2D eigenvalue weighted by Gasteiger charge is 2.24.